The molecule has 0 amide bonds. The van der Waals surface area contributed by atoms with Crippen molar-refractivity contribution >= 4 is 33.3 Å². The highest BCUT2D eigenvalue weighted by molar-refractivity contribution is 7.13. The summed E-state index contributed by atoms with van der Waals surface area (Å²) in [7, 11) is 0. The van der Waals surface area contributed by atoms with Crippen molar-refractivity contribution in [3.63, 3.8) is 0 Å². The smallest absolute Gasteiger partial charge is 0.258 e. The van der Waals surface area contributed by atoms with E-state index in [9.17, 15) is 0 Å². The molecule has 1 aromatic carbocycles. The first-order valence-electron chi connectivity index (χ1n) is 5.93. The molecule has 1 N–H and O–H groups in total. The van der Waals surface area contributed by atoms with Gasteiger partial charge < -0.3 is 10.1 Å². The predicted molar refractivity (Wildman–Crippen MR) is 76.1 cm³/mol. The maximum absolute atomic E-state index is 5.53. The molecule has 5 nitrogen and oxygen atoms in total. The van der Waals surface area contributed by atoms with Gasteiger partial charge in [-0.05, 0) is 19.1 Å². The van der Waals surface area contributed by atoms with Gasteiger partial charge in [-0.15, -0.1) is 11.3 Å². The van der Waals surface area contributed by atoms with E-state index in [-0.39, 0.29) is 0 Å². The Morgan fingerprint density at radius 3 is 2.68 bits per heavy atom. The summed E-state index contributed by atoms with van der Waals surface area (Å²) in [5.74, 6) is 1.09. The number of para-hydroxylation sites is 2. The summed E-state index contributed by atoms with van der Waals surface area (Å²) in [5, 5.41) is 5.81. The van der Waals surface area contributed by atoms with Crippen LogP contribution >= 0.6 is 11.3 Å². The first kappa shape index (κ1) is 11.9. The molecule has 0 radical (unpaired) electrons. The molecular formula is C13H12N4OS. The summed E-state index contributed by atoms with van der Waals surface area (Å²) in [6.07, 6.45) is 1.74. The van der Waals surface area contributed by atoms with E-state index in [4.69, 9.17) is 4.74 Å². The maximum atomic E-state index is 5.53. The SMILES string of the molecule is CCOc1nc2ccccc2nc1Nc1nccs1. The Kier molecular flexibility index (Phi) is 3.24. The molecule has 0 saturated carbocycles. The number of nitrogens with one attached hydrogen (secondary N) is 1. The van der Waals surface area contributed by atoms with Crippen LogP contribution in [0.25, 0.3) is 11.0 Å². The zero-order chi connectivity index (χ0) is 13.1. The quantitative estimate of drug-likeness (QED) is 0.790. The first-order chi connectivity index (χ1) is 9.36. The number of thiazole rings is 1. The zero-order valence-electron chi connectivity index (χ0n) is 10.3. The number of hydrogen-bond acceptors (Lipinski definition) is 6. The normalized spacial score (nSPS) is 10.6. The molecule has 2 heterocycles. The van der Waals surface area contributed by atoms with Crippen molar-refractivity contribution in [3.8, 4) is 5.88 Å². The molecule has 19 heavy (non-hydrogen) atoms. The van der Waals surface area contributed by atoms with Crippen LogP contribution in [0.2, 0.25) is 0 Å². The highest BCUT2D eigenvalue weighted by Crippen LogP contribution is 2.27. The number of aromatic nitrogens is 3. The van der Waals surface area contributed by atoms with Crippen molar-refractivity contribution < 1.29 is 4.74 Å². The van der Waals surface area contributed by atoms with E-state index in [2.05, 4.69) is 20.3 Å². The van der Waals surface area contributed by atoms with Crippen LogP contribution in [-0.2, 0) is 0 Å². The molecule has 3 rings (SSSR count). The van der Waals surface area contributed by atoms with E-state index in [1.54, 1.807) is 6.20 Å². The summed E-state index contributed by atoms with van der Waals surface area (Å²) in [5.41, 5.74) is 1.64. The van der Waals surface area contributed by atoms with E-state index in [0.29, 0.717) is 18.3 Å². The second-order valence-corrected chi connectivity index (χ2v) is 4.66. The van der Waals surface area contributed by atoms with Crippen molar-refractivity contribution in [3.05, 3.63) is 35.8 Å². The average Bonchev–Trinajstić information content (AvgIpc) is 2.93. The lowest BCUT2D eigenvalue weighted by Gasteiger charge is -2.09. The third-order valence-corrected chi connectivity index (χ3v) is 3.17. The lowest BCUT2D eigenvalue weighted by Crippen LogP contribution is -2.02. The summed E-state index contributed by atoms with van der Waals surface area (Å²) in [6, 6.07) is 7.70. The molecule has 0 aliphatic rings. The molecule has 96 valence electrons. The number of nitrogens with zero attached hydrogens (tertiary/aromatic N) is 3. The van der Waals surface area contributed by atoms with Crippen LogP contribution in [0.3, 0.4) is 0 Å². The van der Waals surface area contributed by atoms with Crippen molar-refractivity contribution in [1.82, 2.24) is 15.0 Å². The number of fused-ring (bicyclic) bond motifs is 1. The highest BCUT2D eigenvalue weighted by atomic mass is 32.1. The fraction of sp³-hybridized carbons (Fsp3) is 0.154. The van der Waals surface area contributed by atoms with E-state index >= 15 is 0 Å². The average molecular weight is 272 g/mol. The first-order valence-corrected chi connectivity index (χ1v) is 6.81. The van der Waals surface area contributed by atoms with Gasteiger partial charge in [-0.3, -0.25) is 0 Å². The summed E-state index contributed by atoms with van der Waals surface area (Å²) in [6.45, 7) is 2.46. The van der Waals surface area contributed by atoms with Gasteiger partial charge in [0.05, 0.1) is 17.6 Å². The number of anilines is 2. The molecule has 2 aromatic heterocycles. The van der Waals surface area contributed by atoms with Crippen molar-refractivity contribution in [2.75, 3.05) is 11.9 Å². The van der Waals surface area contributed by atoms with Gasteiger partial charge in [-0.25, -0.2) is 15.0 Å². The van der Waals surface area contributed by atoms with Gasteiger partial charge in [0.25, 0.3) is 5.88 Å². The van der Waals surface area contributed by atoms with Gasteiger partial charge in [0.15, 0.2) is 10.9 Å². The predicted octanol–water partition coefficient (Wildman–Crippen LogP) is 3.23. The molecule has 0 bridgehead atoms. The molecule has 0 fully saturated rings. The fourth-order valence-corrected chi connectivity index (χ4v) is 2.22. The summed E-state index contributed by atoms with van der Waals surface area (Å²) in [4.78, 5) is 13.2. The number of benzene rings is 1. The number of ether oxygens (including phenoxy) is 1. The Labute approximate surface area is 114 Å². The van der Waals surface area contributed by atoms with Gasteiger partial charge in [0.1, 0.15) is 0 Å². The van der Waals surface area contributed by atoms with Crippen LogP contribution in [0.15, 0.2) is 35.8 Å². The van der Waals surface area contributed by atoms with Gasteiger partial charge >= 0.3 is 0 Å². The monoisotopic (exact) mass is 272 g/mol. The number of rotatable bonds is 4. The number of hydrogen-bond donors (Lipinski definition) is 1. The minimum absolute atomic E-state index is 0.497. The van der Waals surface area contributed by atoms with Gasteiger partial charge in [-0.2, -0.15) is 0 Å². The van der Waals surface area contributed by atoms with Crippen LogP contribution < -0.4 is 10.1 Å². The molecule has 3 aromatic rings. The van der Waals surface area contributed by atoms with E-state index in [0.717, 1.165) is 16.2 Å². The molecule has 0 unspecified atom stereocenters. The Morgan fingerprint density at radius 1 is 1.21 bits per heavy atom. The Balaban J connectivity index is 2.06. The fourth-order valence-electron chi connectivity index (χ4n) is 1.69. The summed E-state index contributed by atoms with van der Waals surface area (Å²) < 4.78 is 5.53. The largest absolute Gasteiger partial charge is 0.475 e. The van der Waals surface area contributed by atoms with Crippen LogP contribution in [-0.4, -0.2) is 21.6 Å². The van der Waals surface area contributed by atoms with Crippen LogP contribution in [0, 0.1) is 0 Å². The second kappa shape index (κ2) is 5.19. The lowest BCUT2D eigenvalue weighted by molar-refractivity contribution is 0.329. The molecule has 0 atom stereocenters. The van der Waals surface area contributed by atoms with E-state index < -0.39 is 0 Å². The zero-order valence-corrected chi connectivity index (χ0v) is 11.1. The minimum atomic E-state index is 0.497. The molecule has 0 aliphatic carbocycles. The van der Waals surface area contributed by atoms with Gasteiger partial charge in [-0.1, -0.05) is 12.1 Å². The molecule has 0 saturated heterocycles. The topological polar surface area (TPSA) is 59.9 Å². The van der Waals surface area contributed by atoms with Gasteiger partial charge in [0, 0.05) is 11.6 Å². The lowest BCUT2D eigenvalue weighted by atomic mass is 10.3. The summed E-state index contributed by atoms with van der Waals surface area (Å²) >= 11 is 1.50. The van der Waals surface area contributed by atoms with Crippen molar-refractivity contribution in [2.24, 2.45) is 0 Å². The van der Waals surface area contributed by atoms with E-state index in [1.807, 2.05) is 36.6 Å². The third-order valence-electron chi connectivity index (χ3n) is 2.48. The third kappa shape index (κ3) is 2.48. The molecule has 0 spiro atoms. The highest BCUT2D eigenvalue weighted by Gasteiger charge is 2.10. The van der Waals surface area contributed by atoms with Crippen molar-refractivity contribution in [1.29, 1.82) is 0 Å². The van der Waals surface area contributed by atoms with Gasteiger partial charge in [0.2, 0.25) is 0 Å². The Morgan fingerprint density at radius 2 is 2.00 bits per heavy atom. The molecule has 6 heteroatoms. The Bertz CT molecular complexity index is 684. The van der Waals surface area contributed by atoms with Crippen LogP contribution in [0.1, 0.15) is 6.92 Å². The van der Waals surface area contributed by atoms with Crippen LogP contribution in [0.5, 0.6) is 5.88 Å². The maximum Gasteiger partial charge on any atom is 0.258 e. The van der Waals surface area contributed by atoms with Crippen LogP contribution in [0.4, 0.5) is 10.9 Å². The molecule has 0 aliphatic heterocycles. The second-order valence-electron chi connectivity index (χ2n) is 3.76. The minimum Gasteiger partial charge on any atom is -0.475 e. The van der Waals surface area contributed by atoms with Crippen molar-refractivity contribution in [2.45, 2.75) is 6.92 Å². The standard InChI is InChI=1S/C13H12N4OS/c1-2-18-12-11(17-13-14-7-8-19-13)15-9-5-3-4-6-10(9)16-12/h3-8H,2H2,1H3,(H,14,15,17). The van der Waals surface area contributed by atoms with E-state index in [1.165, 1.54) is 11.3 Å². The molecular weight excluding hydrogens is 260 g/mol. The Hall–Kier alpha value is -2.21.